The summed E-state index contributed by atoms with van der Waals surface area (Å²) >= 11 is 0. The minimum atomic E-state index is -2.33. The first kappa shape index (κ1) is 30.4. The molecule has 202 valence electrons. The first-order valence-electron chi connectivity index (χ1n) is 12.8. The second-order valence-electron chi connectivity index (χ2n) is 12.3. The van der Waals surface area contributed by atoms with E-state index in [2.05, 4.69) is 41.5 Å². The lowest BCUT2D eigenvalue weighted by molar-refractivity contribution is -0.229. The summed E-state index contributed by atoms with van der Waals surface area (Å²) in [5.74, 6) is 0. The van der Waals surface area contributed by atoms with Gasteiger partial charge in [0, 0.05) is 12.8 Å². The number of hydrogen-bond donors (Lipinski definition) is 6. The van der Waals surface area contributed by atoms with Crippen molar-refractivity contribution in [1.82, 2.24) is 0 Å². The van der Waals surface area contributed by atoms with Crippen molar-refractivity contribution in [3.8, 4) is 0 Å². The Morgan fingerprint density at radius 1 is 0.667 bits per heavy atom. The van der Waals surface area contributed by atoms with Crippen molar-refractivity contribution in [3.05, 3.63) is 70.8 Å². The molecule has 0 amide bonds. The van der Waals surface area contributed by atoms with Gasteiger partial charge in [-0.05, 0) is 39.5 Å². The molecule has 2 rings (SSSR count). The molecule has 6 nitrogen and oxygen atoms in total. The molecule has 0 bridgehead atoms. The van der Waals surface area contributed by atoms with Gasteiger partial charge in [0.2, 0.25) is 0 Å². The fraction of sp³-hybridized carbons (Fsp3) is 0.600. The summed E-state index contributed by atoms with van der Waals surface area (Å²) in [5.41, 5.74) is -0.667. The summed E-state index contributed by atoms with van der Waals surface area (Å²) in [7, 11) is 0. The smallest absolute Gasteiger partial charge is 0.126 e. The maximum Gasteiger partial charge on any atom is 0.126 e. The van der Waals surface area contributed by atoms with Crippen LogP contribution < -0.4 is 0 Å². The van der Waals surface area contributed by atoms with Crippen LogP contribution in [-0.2, 0) is 23.7 Å². The molecule has 36 heavy (non-hydrogen) atoms. The Kier molecular flexibility index (Phi) is 9.55. The zero-order valence-electron chi connectivity index (χ0n) is 22.9. The molecule has 6 N–H and O–H groups in total. The Labute approximate surface area is 216 Å². The Balaban J connectivity index is 2.43. The molecule has 0 aliphatic rings. The molecule has 0 fully saturated rings. The van der Waals surface area contributed by atoms with Crippen molar-refractivity contribution in [2.75, 3.05) is 6.61 Å². The SMILES string of the molecule is CCC(O)(Cc1ccc(C(C)(C)C)cc1)[C@@H](O)[C@@](O)(Cc1ccc(C(C)(C)C)cc1)[C@H](O)[C@@H](O)CO. The molecule has 5 atom stereocenters. The largest absolute Gasteiger partial charge is 0.394 e. The van der Waals surface area contributed by atoms with Crippen LogP contribution in [0.1, 0.15) is 77.1 Å². The number of hydrogen-bond acceptors (Lipinski definition) is 6. The van der Waals surface area contributed by atoms with Crippen LogP contribution in [0.25, 0.3) is 0 Å². The second kappa shape index (κ2) is 11.3. The van der Waals surface area contributed by atoms with Crippen LogP contribution >= 0.6 is 0 Å². The molecule has 1 unspecified atom stereocenters. The van der Waals surface area contributed by atoms with Gasteiger partial charge < -0.3 is 30.6 Å². The van der Waals surface area contributed by atoms with Crippen molar-refractivity contribution < 1.29 is 30.6 Å². The molecule has 0 radical (unpaired) electrons. The molecule has 0 spiro atoms. The predicted octanol–water partition coefficient (Wildman–Crippen LogP) is 3.01. The third-order valence-corrected chi connectivity index (χ3v) is 7.30. The third-order valence-electron chi connectivity index (χ3n) is 7.30. The standard InChI is InChI=1S/C30H46O6/c1-8-29(35,17-20-9-13-22(14-10-20)27(2,3)4)26(34)30(36,25(33)24(32)19-31)18-21-11-15-23(16-12-21)28(5,6)7/h9-16,24-26,31-36H,8,17-19H2,1-7H3/t24-,25+,26+,29?,30+/m0/s1. The van der Waals surface area contributed by atoms with Crippen molar-refractivity contribution >= 4 is 0 Å². The summed E-state index contributed by atoms with van der Waals surface area (Å²) in [5, 5.41) is 65.3. The number of benzene rings is 2. The van der Waals surface area contributed by atoms with Gasteiger partial charge in [0.15, 0.2) is 0 Å². The van der Waals surface area contributed by atoms with E-state index in [1.54, 1.807) is 19.1 Å². The third kappa shape index (κ3) is 6.94. The predicted molar refractivity (Wildman–Crippen MR) is 143 cm³/mol. The summed E-state index contributed by atoms with van der Waals surface area (Å²) < 4.78 is 0. The summed E-state index contributed by atoms with van der Waals surface area (Å²) in [4.78, 5) is 0. The molecule has 0 aliphatic heterocycles. The average Bonchev–Trinajstić information content (AvgIpc) is 2.81. The average molecular weight is 503 g/mol. The minimum Gasteiger partial charge on any atom is -0.394 e. The molecule has 0 aromatic heterocycles. The van der Waals surface area contributed by atoms with E-state index in [0.29, 0.717) is 5.56 Å². The summed E-state index contributed by atoms with van der Waals surface area (Å²) in [6.07, 6.45) is -5.55. The lowest BCUT2D eigenvalue weighted by atomic mass is 9.72. The summed E-state index contributed by atoms with van der Waals surface area (Å²) in [6, 6.07) is 15.2. The van der Waals surface area contributed by atoms with E-state index >= 15 is 0 Å². The van der Waals surface area contributed by atoms with Crippen molar-refractivity contribution in [2.45, 2.75) is 108 Å². The second-order valence-corrected chi connectivity index (χ2v) is 12.3. The lowest BCUT2D eigenvalue weighted by Gasteiger charge is -2.46. The van der Waals surface area contributed by atoms with Gasteiger partial charge in [-0.2, -0.15) is 0 Å². The fourth-order valence-electron chi connectivity index (χ4n) is 4.60. The van der Waals surface area contributed by atoms with Crippen LogP contribution in [0.2, 0.25) is 0 Å². The van der Waals surface area contributed by atoms with Crippen molar-refractivity contribution in [1.29, 1.82) is 0 Å². The quantitative estimate of drug-likeness (QED) is 0.297. The lowest BCUT2D eigenvalue weighted by Crippen LogP contribution is -2.66. The van der Waals surface area contributed by atoms with E-state index < -0.39 is 36.1 Å². The first-order chi connectivity index (χ1) is 16.5. The maximum absolute atomic E-state index is 11.7. The molecule has 0 heterocycles. The van der Waals surface area contributed by atoms with Gasteiger partial charge in [-0.1, -0.05) is 97.0 Å². The Hall–Kier alpha value is -1.80. The number of aliphatic hydroxyl groups is 6. The molecule has 0 saturated heterocycles. The summed E-state index contributed by atoms with van der Waals surface area (Å²) in [6.45, 7) is 13.5. The van der Waals surface area contributed by atoms with E-state index in [9.17, 15) is 30.6 Å². The van der Waals surface area contributed by atoms with E-state index in [-0.39, 0.29) is 30.1 Å². The molecule has 0 saturated carbocycles. The topological polar surface area (TPSA) is 121 Å². The molecular formula is C30H46O6. The first-order valence-corrected chi connectivity index (χ1v) is 12.8. The normalized spacial score (nSPS) is 18.7. The highest BCUT2D eigenvalue weighted by molar-refractivity contribution is 5.31. The van der Waals surface area contributed by atoms with Crippen LogP contribution in [0, 0.1) is 0 Å². The van der Waals surface area contributed by atoms with Crippen LogP contribution in [0.5, 0.6) is 0 Å². The van der Waals surface area contributed by atoms with E-state index in [4.69, 9.17) is 0 Å². The van der Waals surface area contributed by atoms with Gasteiger partial charge in [-0.15, -0.1) is 0 Å². The van der Waals surface area contributed by atoms with Crippen LogP contribution in [0.3, 0.4) is 0 Å². The van der Waals surface area contributed by atoms with Gasteiger partial charge in [0.25, 0.3) is 0 Å². The number of aliphatic hydroxyl groups excluding tert-OH is 4. The van der Waals surface area contributed by atoms with Crippen molar-refractivity contribution in [2.24, 2.45) is 0 Å². The maximum atomic E-state index is 11.7. The van der Waals surface area contributed by atoms with Crippen LogP contribution in [0.4, 0.5) is 0 Å². The zero-order chi connectivity index (χ0) is 27.5. The van der Waals surface area contributed by atoms with Gasteiger partial charge in [-0.3, -0.25) is 0 Å². The van der Waals surface area contributed by atoms with Gasteiger partial charge in [0.1, 0.15) is 23.9 Å². The fourth-order valence-corrected chi connectivity index (χ4v) is 4.60. The molecule has 2 aromatic carbocycles. The van der Waals surface area contributed by atoms with E-state index in [0.717, 1.165) is 16.7 Å². The molecule has 0 aliphatic carbocycles. The monoisotopic (exact) mass is 502 g/mol. The molecule has 6 heteroatoms. The molecular weight excluding hydrogens is 456 g/mol. The minimum absolute atomic E-state index is 0.0301. The van der Waals surface area contributed by atoms with Gasteiger partial charge in [0.05, 0.1) is 12.2 Å². The highest BCUT2D eigenvalue weighted by atomic mass is 16.4. The van der Waals surface area contributed by atoms with Gasteiger partial charge in [-0.25, -0.2) is 0 Å². The van der Waals surface area contributed by atoms with E-state index in [1.807, 2.05) is 36.4 Å². The highest BCUT2D eigenvalue weighted by Gasteiger charge is 2.53. The Bertz CT molecular complexity index is 957. The Morgan fingerprint density at radius 3 is 1.39 bits per heavy atom. The zero-order valence-corrected chi connectivity index (χ0v) is 22.9. The molecule has 2 aromatic rings. The Morgan fingerprint density at radius 2 is 1.06 bits per heavy atom. The highest BCUT2D eigenvalue weighted by Crippen LogP contribution is 2.35. The van der Waals surface area contributed by atoms with Crippen LogP contribution in [0.15, 0.2) is 48.5 Å². The number of rotatable bonds is 10. The van der Waals surface area contributed by atoms with Gasteiger partial charge >= 0.3 is 0 Å². The van der Waals surface area contributed by atoms with Crippen molar-refractivity contribution in [3.63, 3.8) is 0 Å². The van der Waals surface area contributed by atoms with E-state index in [1.165, 1.54) is 0 Å². The van der Waals surface area contributed by atoms with Crippen LogP contribution in [-0.4, -0.2) is 66.8 Å².